The number of rotatable bonds is 12. The van der Waals surface area contributed by atoms with Crippen LogP contribution in [-0.4, -0.2) is 99.2 Å². The van der Waals surface area contributed by atoms with Crippen molar-refractivity contribution in [1.82, 2.24) is 25.5 Å². The van der Waals surface area contributed by atoms with Crippen molar-refractivity contribution in [2.45, 2.75) is 109 Å². The van der Waals surface area contributed by atoms with Crippen molar-refractivity contribution in [2.24, 2.45) is 11.8 Å². The van der Waals surface area contributed by atoms with E-state index in [1.165, 1.54) is 28.4 Å². The third-order valence-electron chi connectivity index (χ3n) is 11.6. The quantitative estimate of drug-likeness (QED) is 0.0829. The number of thiazole rings is 1. The average molecular weight is 885 g/mol. The Labute approximate surface area is 368 Å². The van der Waals surface area contributed by atoms with E-state index in [0.29, 0.717) is 53.1 Å². The molecule has 1 saturated carbocycles. The number of anilines is 1. The second-order valence-electron chi connectivity index (χ2n) is 17.0. The fraction of sp³-hybridized carbons (Fsp3) is 0.457. The molecule has 1 unspecified atom stereocenters. The van der Waals surface area contributed by atoms with Gasteiger partial charge in [-0.3, -0.25) is 14.4 Å². The van der Waals surface area contributed by atoms with Gasteiger partial charge in [0.1, 0.15) is 46.7 Å². The molecule has 0 radical (unpaired) electrons. The minimum Gasteiger partial charge on any atom is -0.497 e. The molecule has 17 heteroatoms. The van der Waals surface area contributed by atoms with Gasteiger partial charge in [-0.25, -0.2) is 23.9 Å². The number of fused-ring (bicyclic) bond motifs is 3. The lowest BCUT2D eigenvalue weighted by Gasteiger charge is -2.30. The zero-order valence-electron chi connectivity index (χ0n) is 35.9. The van der Waals surface area contributed by atoms with Crippen LogP contribution in [0, 0.1) is 17.7 Å². The van der Waals surface area contributed by atoms with Crippen LogP contribution in [0.3, 0.4) is 0 Å². The second kappa shape index (κ2) is 19.1. The van der Waals surface area contributed by atoms with Crippen molar-refractivity contribution >= 4 is 57.0 Å². The van der Waals surface area contributed by atoms with E-state index < -0.39 is 77.1 Å². The molecule has 63 heavy (non-hydrogen) atoms. The molecule has 0 bridgehead atoms. The normalized spacial score (nSPS) is 23.7. The van der Waals surface area contributed by atoms with E-state index in [1.807, 2.05) is 37.4 Å². The molecule has 0 spiro atoms. The molecule has 15 nitrogen and oxygen atoms in total. The van der Waals surface area contributed by atoms with Crippen LogP contribution in [0.2, 0.25) is 0 Å². The van der Waals surface area contributed by atoms with E-state index in [9.17, 15) is 33.5 Å². The zero-order chi connectivity index (χ0) is 45.0. The lowest BCUT2D eigenvalue weighted by atomic mass is 9.97. The lowest BCUT2D eigenvalue weighted by Crippen LogP contribution is -2.56. The number of carbonyl (C=O) groups is 5. The smallest absolute Gasteiger partial charge is 0.408 e. The summed E-state index contributed by atoms with van der Waals surface area (Å²) in [7, 11) is 1.56. The number of halogens is 1. The third-order valence-corrected chi connectivity index (χ3v) is 12.4. The fourth-order valence-corrected chi connectivity index (χ4v) is 8.98. The maximum Gasteiger partial charge on any atom is 0.408 e. The first kappa shape index (κ1) is 44.9. The maximum absolute atomic E-state index is 14.8. The summed E-state index contributed by atoms with van der Waals surface area (Å²) in [6.45, 7) is 7.35. The molecule has 2 aliphatic heterocycles. The Morgan fingerprint density at radius 2 is 1.79 bits per heavy atom. The van der Waals surface area contributed by atoms with E-state index >= 15 is 0 Å². The van der Waals surface area contributed by atoms with Crippen LogP contribution in [0.4, 0.5) is 14.3 Å². The molecule has 6 atom stereocenters. The van der Waals surface area contributed by atoms with Crippen LogP contribution in [0.15, 0.2) is 66.1 Å². The molecule has 7 rings (SSSR count). The topological polar surface area (TPSA) is 198 Å². The molecular formula is C46H53FN6O9S. The van der Waals surface area contributed by atoms with Gasteiger partial charge in [-0.05, 0) is 81.8 Å². The molecule has 3 amide bonds. The van der Waals surface area contributed by atoms with E-state index in [0.717, 1.165) is 23.7 Å². The minimum absolute atomic E-state index is 0.000994. The number of allylic oxidation sites excluding steroid dienone is 1. The Morgan fingerprint density at radius 3 is 2.51 bits per heavy atom. The van der Waals surface area contributed by atoms with E-state index in [-0.39, 0.29) is 37.4 Å². The number of nitrogens with one attached hydrogen (secondary N) is 3. The molecule has 4 aromatic rings. The number of hydrogen-bond donors (Lipinski definition) is 4. The van der Waals surface area contributed by atoms with Crippen LogP contribution in [0.5, 0.6) is 11.5 Å². The molecule has 2 aromatic carbocycles. The predicted molar refractivity (Wildman–Crippen MR) is 234 cm³/mol. The van der Waals surface area contributed by atoms with Gasteiger partial charge < -0.3 is 40.2 Å². The molecule has 4 heterocycles. The molecule has 334 valence electrons. The number of ether oxygens (including phenoxy) is 3. The Hall–Kier alpha value is -6.10. The summed E-state index contributed by atoms with van der Waals surface area (Å²) in [5.41, 5.74) is 0.322. The van der Waals surface area contributed by atoms with Gasteiger partial charge in [0.05, 0.1) is 24.9 Å². The highest BCUT2D eigenvalue weighted by Crippen LogP contribution is 2.45. The Balaban J connectivity index is 1.19. The summed E-state index contributed by atoms with van der Waals surface area (Å²) < 4.78 is 31.6. The highest BCUT2D eigenvalue weighted by molar-refractivity contribution is 7.14. The Morgan fingerprint density at radius 1 is 1.02 bits per heavy atom. The Kier molecular flexibility index (Phi) is 13.6. The van der Waals surface area contributed by atoms with Gasteiger partial charge in [0, 0.05) is 46.8 Å². The van der Waals surface area contributed by atoms with E-state index in [2.05, 4.69) is 16.0 Å². The molecule has 4 N–H and O–H groups in total. The number of pyridine rings is 1. The number of alkyl carbamates (subject to hydrolysis) is 1. The van der Waals surface area contributed by atoms with Gasteiger partial charge in [0.25, 0.3) is 0 Å². The summed E-state index contributed by atoms with van der Waals surface area (Å²) in [5.74, 6) is -3.37. The summed E-state index contributed by atoms with van der Waals surface area (Å²) >= 11 is 1.44. The number of ketones is 1. The number of carboxylic acids is 1. The van der Waals surface area contributed by atoms with Crippen molar-refractivity contribution in [3.8, 4) is 22.9 Å². The maximum atomic E-state index is 14.8. The second-order valence-corrected chi connectivity index (χ2v) is 17.8. The van der Waals surface area contributed by atoms with Crippen molar-refractivity contribution in [1.29, 1.82) is 0 Å². The lowest BCUT2D eigenvalue weighted by molar-refractivity contribution is -0.145. The van der Waals surface area contributed by atoms with Crippen molar-refractivity contribution < 1.29 is 47.7 Å². The van der Waals surface area contributed by atoms with Gasteiger partial charge in [-0.1, -0.05) is 38.8 Å². The zero-order valence-corrected chi connectivity index (χ0v) is 36.7. The Bertz CT molecular complexity index is 2390. The van der Waals surface area contributed by atoms with Crippen LogP contribution in [0.1, 0.15) is 83.0 Å². The first-order chi connectivity index (χ1) is 30.1. The molecule has 1 saturated heterocycles. The number of benzene rings is 2. The molecule has 1 aliphatic carbocycles. The highest BCUT2D eigenvalue weighted by Gasteiger charge is 2.61. The number of aliphatic carboxylic acids is 1. The van der Waals surface area contributed by atoms with Crippen molar-refractivity contribution in [3.63, 3.8) is 0 Å². The summed E-state index contributed by atoms with van der Waals surface area (Å²) in [6, 6.07) is 9.86. The number of amides is 3. The third kappa shape index (κ3) is 10.2. The number of aromatic nitrogens is 2. The number of carboxylic acid groups (broad SMARTS) is 1. The monoisotopic (exact) mass is 884 g/mol. The van der Waals surface area contributed by atoms with E-state index in [1.54, 1.807) is 39.2 Å². The average Bonchev–Trinajstić information content (AvgIpc) is 3.51. The minimum atomic E-state index is -1.53. The van der Waals surface area contributed by atoms with Crippen LogP contribution in [0.25, 0.3) is 22.3 Å². The first-order valence-corrected chi connectivity index (χ1v) is 22.2. The van der Waals surface area contributed by atoms with Gasteiger partial charge in [0.2, 0.25) is 17.6 Å². The number of methoxy groups -OCH3 is 1. The molecule has 3 aliphatic rings. The number of carbonyl (C=O) groups excluding carboxylic acids is 4. The first-order valence-electron chi connectivity index (χ1n) is 21.3. The number of nitrogens with zero attached hydrogens (tertiary/aromatic N) is 3. The summed E-state index contributed by atoms with van der Waals surface area (Å²) in [6.07, 6.45) is 3.76. The van der Waals surface area contributed by atoms with Gasteiger partial charge in [-0.15, -0.1) is 11.3 Å². The van der Waals surface area contributed by atoms with E-state index in [4.69, 9.17) is 24.2 Å². The molecular weight excluding hydrogens is 832 g/mol. The van der Waals surface area contributed by atoms with Gasteiger partial charge in [0.15, 0.2) is 11.2 Å². The van der Waals surface area contributed by atoms with Gasteiger partial charge in [-0.2, -0.15) is 0 Å². The standard InChI is InChI=1S/C46H53FN6O9S/c1-25(2)40(39(54)27-13-15-29(47)16-14-27)62-45(59)51-33-12-10-8-6-7-9-11-28-22-46(28,43(57)58)52-41(55)37-20-31(23-53(37)42(33)56)61-38-21-35(36-24-63-44(50-36)48-26(3)4)49-34-19-30(60-5)17-18-32(34)38/h9,11,13-19,21,24-26,28,31,33,37,40H,6-8,10,12,20,22-23H2,1-5H3,(H,48,50)(H,51,59)(H,52,55)(H,57,58)/b11-9-/t28?,31-,33-,37+,40+,46-/m1/s1. The number of hydrogen-bond acceptors (Lipinski definition) is 12. The van der Waals surface area contributed by atoms with Gasteiger partial charge >= 0.3 is 12.1 Å². The highest BCUT2D eigenvalue weighted by atomic mass is 32.1. The predicted octanol–water partition coefficient (Wildman–Crippen LogP) is 7.16. The van der Waals surface area contributed by atoms with Crippen LogP contribution >= 0.6 is 11.3 Å². The summed E-state index contributed by atoms with van der Waals surface area (Å²) in [4.78, 5) is 79.9. The van der Waals surface area contributed by atoms with Crippen LogP contribution < -0.4 is 25.4 Å². The number of Topliss-reactive ketones (excluding diaryl/α,β-unsaturated/α-hetero) is 1. The van der Waals surface area contributed by atoms with Crippen molar-refractivity contribution in [2.75, 3.05) is 19.0 Å². The SMILES string of the molecule is COc1ccc2c(O[C@@H]3C[C@H]4C(=O)N[C@]5(C(=O)O)CC5/C=C\CCCCC[C@@H](NC(=O)O[C@H](C(=O)c5ccc(F)cc5)C(C)C)C(=O)N4C3)cc(-c3csc(NC(C)C)n3)nc2c1. The molecule has 2 fully saturated rings. The molecule has 2 aromatic heterocycles. The van der Waals surface area contributed by atoms with Crippen molar-refractivity contribution in [3.05, 3.63) is 77.4 Å². The summed E-state index contributed by atoms with van der Waals surface area (Å²) in [5, 5.41) is 22.4. The largest absolute Gasteiger partial charge is 0.497 e. The van der Waals surface area contributed by atoms with Crippen LogP contribution in [-0.2, 0) is 19.1 Å². The fourth-order valence-electron chi connectivity index (χ4n) is 8.13.